The Kier molecular flexibility index (Phi) is 3.92. The van der Waals surface area contributed by atoms with Gasteiger partial charge in [0.05, 0.1) is 6.10 Å². The molecule has 1 heterocycles. The number of hydrogen-bond acceptors (Lipinski definition) is 3. The Morgan fingerprint density at radius 3 is 2.47 bits per heavy atom. The Morgan fingerprint density at radius 1 is 1.35 bits per heavy atom. The van der Waals surface area contributed by atoms with E-state index in [0.717, 1.165) is 19.3 Å². The molecule has 0 unspecified atom stereocenters. The SMILES string of the molecule is CCC1(OC(=O)N2CCC(O)CC2)CCCC1. The Hall–Kier alpha value is -0.770. The van der Waals surface area contributed by atoms with Crippen LogP contribution < -0.4 is 0 Å². The molecular weight excluding hydrogens is 218 g/mol. The van der Waals surface area contributed by atoms with Gasteiger partial charge in [0.2, 0.25) is 0 Å². The van der Waals surface area contributed by atoms with Crippen LogP contribution in [0, 0.1) is 0 Å². The van der Waals surface area contributed by atoms with Crippen molar-refractivity contribution in [2.24, 2.45) is 0 Å². The van der Waals surface area contributed by atoms with Crippen molar-refractivity contribution >= 4 is 6.09 Å². The number of aliphatic hydroxyl groups is 1. The maximum atomic E-state index is 12.0. The van der Waals surface area contributed by atoms with E-state index < -0.39 is 0 Å². The summed E-state index contributed by atoms with van der Waals surface area (Å²) in [5.74, 6) is 0. The first-order valence-electron chi connectivity index (χ1n) is 6.81. The van der Waals surface area contributed by atoms with Gasteiger partial charge >= 0.3 is 6.09 Å². The third-order valence-corrected chi connectivity index (χ3v) is 4.19. The van der Waals surface area contributed by atoms with Gasteiger partial charge in [-0.25, -0.2) is 4.79 Å². The number of piperidine rings is 1. The predicted molar refractivity (Wildman–Crippen MR) is 64.8 cm³/mol. The summed E-state index contributed by atoms with van der Waals surface area (Å²) in [6, 6.07) is 0. The zero-order valence-corrected chi connectivity index (χ0v) is 10.7. The molecule has 2 aliphatic rings. The zero-order chi connectivity index (χ0) is 12.3. The number of rotatable bonds is 2. The molecule has 1 aliphatic heterocycles. The minimum Gasteiger partial charge on any atom is -0.443 e. The van der Waals surface area contributed by atoms with E-state index >= 15 is 0 Å². The van der Waals surface area contributed by atoms with Crippen LogP contribution in [-0.4, -0.2) is 40.9 Å². The Morgan fingerprint density at radius 2 is 1.94 bits per heavy atom. The molecule has 0 radical (unpaired) electrons. The maximum Gasteiger partial charge on any atom is 0.410 e. The largest absolute Gasteiger partial charge is 0.443 e. The number of amides is 1. The summed E-state index contributed by atoms with van der Waals surface area (Å²) in [5.41, 5.74) is -0.201. The third-order valence-electron chi connectivity index (χ3n) is 4.19. The summed E-state index contributed by atoms with van der Waals surface area (Å²) in [5, 5.41) is 9.41. The number of ether oxygens (including phenoxy) is 1. The van der Waals surface area contributed by atoms with E-state index in [1.807, 2.05) is 0 Å². The van der Waals surface area contributed by atoms with Crippen LogP contribution in [-0.2, 0) is 4.74 Å². The van der Waals surface area contributed by atoms with Crippen molar-refractivity contribution in [3.8, 4) is 0 Å². The topological polar surface area (TPSA) is 49.8 Å². The summed E-state index contributed by atoms with van der Waals surface area (Å²) < 4.78 is 5.73. The number of carbonyl (C=O) groups is 1. The summed E-state index contributed by atoms with van der Waals surface area (Å²) in [4.78, 5) is 13.8. The first kappa shape index (κ1) is 12.7. The molecule has 4 nitrogen and oxygen atoms in total. The van der Waals surface area contributed by atoms with Crippen LogP contribution in [0.2, 0.25) is 0 Å². The molecule has 1 saturated heterocycles. The predicted octanol–water partition coefficient (Wildman–Crippen LogP) is 2.30. The van der Waals surface area contributed by atoms with Crippen molar-refractivity contribution in [3.05, 3.63) is 0 Å². The van der Waals surface area contributed by atoms with Crippen molar-refractivity contribution in [2.45, 2.75) is 63.6 Å². The monoisotopic (exact) mass is 241 g/mol. The minimum atomic E-state index is -0.245. The fraction of sp³-hybridized carbons (Fsp3) is 0.923. The molecule has 0 bridgehead atoms. The molecule has 17 heavy (non-hydrogen) atoms. The standard InChI is InChI=1S/C13H23NO3/c1-2-13(7-3-4-8-13)17-12(16)14-9-5-11(15)6-10-14/h11,15H,2-10H2,1H3. The molecule has 0 aromatic heterocycles. The summed E-state index contributed by atoms with van der Waals surface area (Å²) in [7, 11) is 0. The quantitative estimate of drug-likeness (QED) is 0.807. The zero-order valence-electron chi connectivity index (χ0n) is 10.7. The average molecular weight is 241 g/mol. The molecule has 1 amide bonds. The molecule has 1 saturated carbocycles. The fourth-order valence-corrected chi connectivity index (χ4v) is 2.85. The first-order chi connectivity index (χ1) is 8.15. The lowest BCUT2D eigenvalue weighted by Gasteiger charge is -2.34. The lowest BCUT2D eigenvalue weighted by molar-refractivity contribution is -0.0174. The first-order valence-corrected chi connectivity index (χ1v) is 6.81. The van der Waals surface area contributed by atoms with Gasteiger partial charge in [-0.15, -0.1) is 0 Å². The van der Waals surface area contributed by atoms with Gasteiger partial charge in [-0.05, 0) is 44.9 Å². The lowest BCUT2D eigenvalue weighted by atomic mass is 9.99. The van der Waals surface area contributed by atoms with Crippen LogP contribution in [0.4, 0.5) is 4.79 Å². The lowest BCUT2D eigenvalue weighted by Crippen LogP contribution is -2.44. The molecule has 0 spiro atoms. The molecule has 2 fully saturated rings. The fourth-order valence-electron chi connectivity index (χ4n) is 2.85. The van der Waals surface area contributed by atoms with Gasteiger partial charge in [-0.1, -0.05) is 6.92 Å². The van der Waals surface area contributed by atoms with Crippen LogP contribution in [0.15, 0.2) is 0 Å². The van der Waals surface area contributed by atoms with Gasteiger partial charge in [0, 0.05) is 13.1 Å². The van der Waals surface area contributed by atoms with E-state index in [0.29, 0.717) is 25.9 Å². The molecule has 1 aliphatic carbocycles. The number of likely N-dealkylation sites (tertiary alicyclic amines) is 1. The van der Waals surface area contributed by atoms with E-state index in [-0.39, 0.29) is 17.8 Å². The number of carbonyl (C=O) groups excluding carboxylic acids is 1. The van der Waals surface area contributed by atoms with Crippen molar-refractivity contribution in [1.82, 2.24) is 4.90 Å². The van der Waals surface area contributed by atoms with Crippen LogP contribution in [0.1, 0.15) is 51.9 Å². The molecule has 1 N–H and O–H groups in total. The van der Waals surface area contributed by atoms with Crippen molar-refractivity contribution < 1.29 is 14.6 Å². The molecule has 98 valence electrons. The van der Waals surface area contributed by atoms with Crippen molar-refractivity contribution in [2.75, 3.05) is 13.1 Å². The van der Waals surface area contributed by atoms with Gasteiger partial charge in [-0.3, -0.25) is 0 Å². The Bertz CT molecular complexity index is 266. The second-order valence-corrected chi connectivity index (χ2v) is 5.33. The summed E-state index contributed by atoms with van der Waals surface area (Å²) in [6.45, 7) is 3.35. The van der Waals surface area contributed by atoms with Crippen LogP contribution in [0.25, 0.3) is 0 Å². The molecule has 0 aromatic rings. The highest BCUT2D eigenvalue weighted by molar-refractivity contribution is 5.68. The van der Waals surface area contributed by atoms with Crippen molar-refractivity contribution in [3.63, 3.8) is 0 Å². The average Bonchev–Trinajstić information content (AvgIpc) is 2.79. The van der Waals surface area contributed by atoms with Crippen LogP contribution in [0.5, 0.6) is 0 Å². The van der Waals surface area contributed by atoms with E-state index in [4.69, 9.17) is 4.74 Å². The second kappa shape index (κ2) is 5.25. The van der Waals surface area contributed by atoms with Crippen LogP contribution in [0.3, 0.4) is 0 Å². The Labute approximate surface area is 103 Å². The maximum absolute atomic E-state index is 12.0. The summed E-state index contributed by atoms with van der Waals surface area (Å²) in [6.07, 6.45) is 6.18. The van der Waals surface area contributed by atoms with E-state index in [1.54, 1.807) is 4.90 Å². The third kappa shape index (κ3) is 2.92. The number of nitrogens with zero attached hydrogens (tertiary/aromatic N) is 1. The van der Waals surface area contributed by atoms with Crippen molar-refractivity contribution in [1.29, 1.82) is 0 Å². The van der Waals surface area contributed by atoms with Gasteiger partial charge in [0.25, 0.3) is 0 Å². The smallest absolute Gasteiger partial charge is 0.410 e. The molecular formula is C13H23NO3. The van der Waals surface area contributed by atoms with Gasteiger partial charge < -0.3 is 14.7 Å². The highest BCUT2D eigenvalue weighted by Crippen LogP contribution is 2.36. The normalized spacial score (nSPS) is 24.9. The minimum absolute atomic E-state index is 0.180. The van der Waals surface area contributed by atoms with Gasteiger partial charge in [0.1, 0.15) is 5.60 Å². The van der Waals surface area contributed by atoms with E-state index in [1.165, 1.54) is 12.8 Å². The Balaban J connectivity index is 1.87. The number of aliphatic hydroxyl groups excluding tert-OH is 1. The van der Waals surface area contributed by atoms with E-state index in [2.05, 4.69) is 6.92 Å². The van der Waals surface area contributed by atoms with Crippen LogP contribution >= 0.6 is 0 Å². The van der Waals surface area contributed by atoms with Gasteiger partial charge in [-0.2, -0.15) is 0 Å². The summed E-state index contributed by atoms with van der Waals surface area (Å²) >= 11 is 0. The highest BCUT2D eigenvalue weighted by Gasteiger charge is 2.37. The molecule has 0 aromatic carbocycles. The van der Waals surface area contributed by atoms with E-state index in [9.17, 15) is 9.90 Å². The molecule has 0 atom stereocenters. The molecule has 4 heteroatoms. The highest BCUT2D eigenvalue weighted by atomic mass is 16.6. The van der Waals surface area contributed by atoms with Gasteiger partial charge in [0.15, 0.2) is 0 Å². The number of hydrogen-bond donors (Lipinski definition) is 1. The second-order valence-electron chi connectivity index (χ2n) is 5.33. The molecule has 2 rings (SSSR count).